The maximum Gasteiger partial charge on any atom is 0.246 e. The van der Waals surface area contributed by atoms with E-state index in [2.05, 4.69) is 11.6 Å². The van der Waals surface area contributed by atoms with Gasteiger partial charge in [-0.15, -0.1) is 0 Å². The maximum absolute atomic E-state index is 15.9. The number of H-pyrrole nitrogens is 1. The molecule has 5 rings (SSSR count). The minimum absolute atomic E-state index is 0.108. The summed E-state index contributed by atoms with van der Waals surface area (Å²) in [5.74, 6) is -1.13. The molecule has 4 aromatic rings. The van der Waals surface area contributed by atoms with Crippen molar-refractivity contribution in [3.05, 3.63) is 83.2 Å². The number of hydrogen-bond acceptors (Lipinski definition) is 2. The van der Waals surface area contributed by atoms with E-state index in [1.807, 2.05) is 36.4 Å². The van der Waals surface area contributed by atoms with Crippen LogP contribution in [0.15, 0.2) is 55.1 Å². The van der Waals surface area contributed by atoms with Gasteiger partial charge in [-0.25, -0.2) is 4.39 Å². The van der Waals surface area contributed by atoms with E-state index in [1.165, 1.54) is 12.1 Å². The molecule has 0 saturated carbocycles. The molecule has 1 aromatic heterocycles. The van der Waals surface area contributed by atoms with Crippen molar-refractivity contribution in [2.75, 3.05) is 13.2 Å². The van der Waals surface area contributed by atoms with Gasteiger partial charge in [-0.05, 0) is 52.4 Å². The Morgan fingerprint density at radius 3 is 2.77 bits per heavy atom. The quantitative estimate of drug-likeness (QED) is 0.397. The molecule has 0 spiro atoms. The zero-order chi connectivity index (χ0) is 24.7. The highest BCUT2D eigenvalue weighted by Crippen LogP contribution is 2.41. The van der Waals surface area contributed by atoms with Gasteiger partial charge in [-0.2, -0.15) is 0 Å². The molecule has 0 bridgehead atoms. The predicted molar refractivity (Wildman–Crippen MR) is 133 cm³/mol. The van der Waals surface area contributed by atoms with Crippen molar-refractivity contribution in [2.24, 2.45) is 5.73 Å². The highest BCUT2D eigenvalue weighted by atomic mass is 19.1. The van der Waals surface area contributed by atoms with Crippen molar-refractivity contribution >= 4 is 33.6 Å². The van der Waals surface area contributed by atoms with Gasteiger partial charge in [0.15, 0.2) is 0 Å². The van der Waals surface area contributed by atoms with E-state index < -0.39 is 18.4 Å². The molecule has 3 aromatic carbocycles. The standard InChI is InChI=1S/C28H25F2N3O2/c1-2-25(35)33-11-9-19-17(15-33)4-3-5-20(19)26-22(30)13-18(14-24(31)34)28-27(26)21-7-6-16(8-10-29)12-23(21)32-28/h2-7,12-13,32H,1,8-11,14-15H2,(H2,31,34). The summed E-state index contributed by atoms with van der Waals surface area (Å²) in [5.41, 5.74) is 11.3. The van der Waals surface area contributed by atoms with E-state index in [-0.39, 0.29) is 18.7 Å². The number of fused-ring (bicyclic) bond motifs is 4. The number of hydrogen-bond donors (Lipinski definition) is 2. The lowest BCUT2D eigenvalue weighted by molar-refractivity contribution is -0.126. The number of benzene rings is 3. The summed E-state index contributed by atoms with van der Waals surface area (Å²) in [4.78, 5) is 29.0. The zero-order valence-electron chi connectivity index (χ0n) is 19.2. The van der Waals surface area contributed by atoms with Crippen molar-refractivity contribution in [2.45, 2.75) is 25.8 Å². The van der Waals surface area contributed by atoms with Crippen LogP contribution in [-0.4, -0.2) is 34.9 Å². The second-order valence-electron chi connectivity index (χ2n) is 8.89. The number of aromatic amines is 1. The van der Waals surface area contributed by atoms with Crippen LogP contribution in [-0.2, 0) is 35.4 Å². The van der Waals surface area contributed by atoms with E-state index in [9.17, 15) is 14.0 Å². The third kappa shape index (κ3) is 3.97. The fourth-order valence-electron chi connectivity index (χ4n) is 5.18. The van der Waals surface area contributed by atoms with Crippen molar-refractivity contribution in [1.29, 1.82) is 0 Å². The van der Waals surface area contributed by atoms with Crippen molar-refractivity contribution in [3.8, 4) is 11.1 Å². The Kier molecular flexibility index (Phi) is 5.84. The first-order valence-corrected chi connectivity index (χ1v) is 11.5. The van der Waals surface area contributed by atoms with Gasteiger partial charge in [0.1, 0.15) is 5.82 Å². The van der Waals surface area contributed by atoms with Crippen LogP contribution in [0.1, 0.15) is 22.3 Å². The highest BCUT2D eigenvalue weighted by molar-refractivity contribution is 6.16. The lowest BCUT2D eigenvalue weighted by Crippen LogP contribution is -2.34. The van der Waals surface area contributed by atoms with E-state index in [4.69, 9.17) is 5.73 Å². The summed E-state index contributed by atoms with van der Waals surface area (Å²) in [6.45, 7) is 4.05. The number of carbonyl (C=O) groups excluding carboxylic acids is 2. The maximum atomic E-state index is 15.9. The van der Waals surface area contributed by atoms with Crippen molar-refractivity contribution < 1.29 is 18.4 Å². The number of rotatable bonds is 6. The fraction of sp³-hybridized carbons (Fsp3) is 0.214. The van der Waals surface area contributed by atoms with Gasteiger partial charge in [0.05, 0.1) is 18.6 Å². The number of amides is 2. The molecule has 3 N–H and O–H groups in total. The number of carbonyl (C=O) groups is 2. The van der Waals surface area contributed by atoms with Gasteiger partial charge in [0, 0.05) is 41.4 Å². The van der Waals surface area contributed by atoms with E-state index in [0.29, 0.717) is 41.5 Å². The first kappa shape index (κ1) is 22.8. The average Bonchev–Trinajstić information content (AvgIpc) is 3.22. The number of nitrogens with two attached hydrogens (primary N) is 1. The molecule has 35 heavy (non-hydrogen) atoms. The molecule has 178 valence electrons. The van der Waals surface area contributed by atoms with Crippen LogP contribution in [0.2, 0.25) is 0 Å². The van der Waals surface area contributed by atoms with Gasteiger partial charge in [-0.3, -0.25) is 14.0 Å². The van der Waals surface area contributed by atoms with Crippen molar-refractivity contribution in [3.63, 3.8) is 0 Å². The summed E-state index contributed by atoms with van der Waals surface area (Å²) in [7, 11) is 0. The molecule has 5 nitrogen and oxygen atoms in total. The molecular weight excluding hydrogens is 448 g/mol. The third-order valence-corrected chi connectivity index (χ3v) is 6.74. The van der Waals surface area contributed by atoms with Gasteiger partial charge in [0.2, 0.25) is 11.8 Å². The fourth-order valence-corrected chi connectivity index (χ4v) is 5.18. The average molecular weight is 474 g/mol. The molecule has 2 amide bonds. The largest absolute Gasteiger partial charge is 0.369 e. The number of aryl methyl sites for hydroxylation is 1. The lowest BCUT2D eigenvalue weighted by Gasteiger charge is -2.29. The van der Waals surface area contributed by atoms with Crippen LogP contribution in [0.5, 0.6) is 0 Å². The molecule has 0 saturated heterocycles. The second kappa shape index (κ2) is 8.98. The minimum Gasteiger partial charge on any atom is -0.369 e. The van der Waals surface area contributed by atoms with E-state index in [0.717, 1.165) is 33.2 Å². The Balaban J connectivity index is 1.77. The molecule has 0 unspecified atom stereocenters. The van der Waals surface area contributed by atoms with E-state index in [1.54, 1.807) is 4.90 Å². The van der Waals surface area contributed by atoms with Crippen LogP contribution in [0, 0.1) is 5.82 Å². The summed E-state index contributed by atoms with van der Waals surface area (Å²) < 4.78 is 28.8. The Hall–Kier alpha value is -4.00. The summed E-state index contributed by atoms with van der Waals surface area (Å²) >= 11 is 0. The zero-order valence-corrected chi connectivity index (χ0v) is 19.2. The number of aromatic nitrogens is 1. The molecule has 1 aliphatic heterocycles. The van der Waals surface area contributed by atoms with Gasteiger partial charge in [-0.1, -0.05) is 36.9 Å². The Bertz CT molecular complexity index is 1510. The smallest absolute Gasteiger partial charge is 0.246 e. The third-order valence-electron chi connectivity index (χ3n) is 6.74. The number of primary amides is 1. The molecule has 7 heteroatoms. The Morgan fingerprint density at radius 1 is 1.20 bits per heavy atom. The summed E-state index contributed by atoms with van der Waals surface area (Å²) in [6, 6.07) is 12.7. The monoisotopic (exact) mass is 473 g/mol. The van der Waals surface area contributed by atoms with Crippen LogP contribution >= 0.6 is 0 Å². The lowest BCUT2D eigenvalue weighted by atomic mass is 9.87. The van der Waals surface area contributed by atoms with Crippen LogP contribution in [0.25, 0.3) is 32.9 Å². The van der Waals surface area contributed by atoms with E-state index >= 15 is 4.39 Å². The Morgan fingerprint density at radius 2 is 2.03 bits per heavy atom. The number of nitrogens with one attached hydrogen (secondary N) is 1. The molecule has 0 fully saturated rings. The van der Waals surface area contributed by atoms with Gasteiger partial charge in [0.25, 0.3) is 0 Å². The minimum atomic E-state index is -0.556. The van der Waals surface area contributed by atoms with Crippen LogP contribution in [0.3, 0.4) is 0 Å². The molecule has 0 aliphatic carbocycles. The molecule has 0 atom stereocenters. The summed E-state index contributed by atoms with van der Waals surface area (Å²) in [5, 5.41) is 1.46. The molecule has 2 heterocycles. The second-order valence-corrected chi connectivity index (χ2v) is 8.89. The predicted octanol–water partition coefficient (Wildman–Crippen LogP) is 4.74. The number of halogens is 2. The van der Waals surface area contributed by atoms with Crippen molar-refractivity contribution in [1.82, 2.24) is 9.88 Å². The number of alkyl halides is 1. The summed E-state index contributed by atoms with van der Waals surface area (Å²) in [6.07, 6.45) is 2.06. The SMILES string of the molecule is C=CC(=O)N1CCc2c(cccc2-c2c(F)cc(CC(N)=O)c3[nH]c4cc(CCF)ccc4c23)C1. The van der Waals surface area contributed by atoms with Gasteiger partial charge < -0.3 is 15.6 Å². The molecular formula is C28H25F2N3O2. The molecule has 1 aliphatic rings. The topological polar surface area (TPSA) is 79.2 Å². The first-order valence-electron chi connectivity index (χ1n) is 11.5. The van der Waals surface area contributed by atoms with Crippen LogP contribution in [0.4, 0.5) is 8.78 Å². The number of nitrogens with zero attached hydrogens (tertiary/aromatic N) is 1. The van der Waals surface area contributed by atoms with Gasteiger partial charge >= 0.3 is 0 Å². The first-order chi connectivity index (χ1) is 16.9. The highest BCUT2D eigenvalue weighted by Gasteiger charge is 2.25. The Labute approximate surface area is 201 Å². The molecule has 0 radical (unpaired) electrons. The normalized spacial score (nSPS) is 13.3. The van der Waals surface area contributed by atoms with Crippen LogP contribution < -0.4 is 5.73 Å².